The molecule has 2 aromatic rings. The van der Waals surface area contributed by atoms with E-state index < -0.39 is 10.0 Å². The molecule has 0 aliphatic carbocycles. The normalized spacial score (nSPS) is 12.0. The summed E-state index contributed by atoms with van der Waals surface area (Å²) in [5.41, 5.74) is 3.96. The Labute approximate surface area is 158 Å². The fraction of sp³-hybridized carbons (Fsp3) is 0.455. The maximum atomic E-state index is 13.0. The van der Waals surface area contributed by atoms with Crippen LogP contribution in [-0.4, -0.2) is 8.42 Å². The summed E-state index contributed by atoms with van der Waals surface area (Å²) in [5, 5.41) is 0. The van der Waals surface area contributed by atoms with Crippen LogP contribution in [0.25, 0.3) is 0 Å². The predicted octanol–water partition coefficient (Wildman–Crippen LogP) is 6.08. The molecule has 0 saturated carbocycles. The summed E-state index contributed by atoms with van der Waals surface area (Å²) >= 11 is 0. The van der Waals surface area contributed by atoms with Crippen molar-refractivity contribution in [3.8, 4) is 0 Å². The molecular weight excluding hydrogens is 342 g/mol. The molecule has 0 radical (unpaired) electrons. The zero-order chi connectivity index (χ0) is 19.3. The van der Waals surface area contributed by atoms with Crippen LogP contribution in [0.3, 0.4) is 0 Å². The highest BCUT2D eigenvalue weighted by Crippen LogP contribution is 2.34. The predicted molar refractivity (Wildman–Crippen MR) is 110 cm³/mol. The Morgan fingerprint density at radius 1 is 0.885 bits per heavy atom. The summed E-state index contributed by atoms with van der Waals surface area (Å²) in [6.07, 6.45) is 3.23. The molecule has 0 heterocycles. The number of sulfonamides is 1. The van der Waals surface area contributed by atoms with E-state index in [1.807, 2.05) is 30.3 Å². The number of aryl methyl sites for hydroxylation is 1. The van der Waals surface area contributed by atoms with Gasteiger partial charge in [0.15, 0.2) is 0 Å². The second-order valence-electron chi connectivity index (χ2n) is 7.47. The lowest BCUT2D eigenvalue weighted by molar-refractivity contribution is 0.601. The van der Waals surface area contributed by atoms with E-state index in [4.69, 9.17) is 0 Å². The first kappa shape index (κ1) is 20.5. The van der Waals surface area contributed by atoms with Gasteiger partial charge in [0.2, 0.25) is 0 Å². The molecule has 0 bridgehead atoms. The molecule has 0 aliphatic heterocycles. The zero-order valence-electron chi connectivity index (χ0n) is 16.5. The average Bonchev–Trinajstić information content (AvgIpc) is 2.59. The largest absolute Gasteiger partial charge is 0.279 e. The van der Waals surface area contributed by atoms with Gasteiger partial charge in [-0.05, 0) is 53.5 Å². The Bertz CT molecular complexity index is 795. The number of rotatable bonds is 8. The third kappa shape index (κ3) is 4.88. The van der Waals surface area contributed by atoms with Gasteiger partial charge in [0.1, 0.15) is 0 Å². The maximum Gasteiger partial charge on any atom is 0.261 e. The van der Waals surface area contributed by atoms with Crippen molar-refractivity contribution in [3.63, 3.8) is 0 Å². The Hall–Kier alpha value is -1.81. The van der Waals surface area contributed by atoms with Crippen LogP contribution in [0.15, 0.2) is 47.4 Å². The minimum atomic E-state index is -3.61. The van der Waals surface area contributed by atoms with E-state index >= 15 is 0 Å². The summed E-state index contributed by atoms with van der Waals surface area (Å²) < 4.78 is 28.8. The third-order valence-corrected chi connectivity index (χ3v) is 6.03. The van der Waals surface area contributed by atoms with Crippen molar-refractivity contribution in [2.45, 2.75) is 70.6 Å². The van der Waals surface area contributed by atoms with Crippen LogP contribution in [0, 0.1) is 0 Å². The van der Waals surface area contributed by atoms with Crippen LogP contribution in [0.1, 0.15) is 76.0 Å². The average molecular weight is 374 g/mol. The standard InChI is InChI=1S/C22H31NO2S/c1-6-7-9-18-12-14-19(15-13-18)26(24,25)23-22-20(16(2)3)10-8-11-21(22)17(4)5/h8,10-17,23H,6-7,9H2,1-5H3. The number of para-hydroxylation sites is 1. The fourth-order valence-electron chi connectivity index (χ4n) is 3.08. The summed E-state index contributed by atoms with van der Waals surface area (Å²) in [6.45, 7) is 10.5. The number of hydrogen-bond donors (Lipinski definition) is 1. The van der Waals surface area contributed by atoms with Gasteiger partial charge in [0.05, 0.1) is 10.6 Å². The molecule has 0 saturated heterocycles. The van der Waals surface area contributed by atoms with E-state index in [-0.39, 0.29) is 11.8 Å². The fourth-order valence-corrected chi connectivity index (χ4v) is 4.20. The van der Waals surface area contributed by atoms with Gasteiger partial charge < -0.3 is 0 Å². The van der Waals surface area contributed by atoms with Crippen LogP contribution in [0.4, 0.5) is 5.69 Å². The van der Waals surface area contributed by atoms with Crippen LogP contribution >= 0.6 is 0 Å². The molecule has 0 aliphatic rings. The molecule has 1 N–H and O–H groups in total. The number of benzene rings is 2. The van der Waals surface area contributed by atoms with E-state index in [1.54, 1.807) is 12.1 Å². The lowest BCUT2D eigenvalue weighted by Crippen LogP contribution is -2.16. The topological polar surface area (TPSA) is 46.2 Å². The molecular formula is C22H31NO2S. The monoisotopic (exact) mass is 373 g/mol. The quantitative estimate of drug-likeness (QED) is 0.610. The van der Waals surface area contributed by atoms with Gasteiger partial charge in [-0.2, -0.15) is 0 Å². The first-order chi connectivity index (χ1) is 12.3. The second-order valence-corrected chi connectivity index (χ2v) is 9.16. The molecule has 0 amide bonds. The second kappa shape index (κ2) is 8.72. The van der Waals surface area contributed by atoms with Gasteiger partial charge in [-0.25, -0.2) is 8.42 Å². The molecule has 0 atom stereocenters. The summed E-state index contributed by atoms with van der Waals surface area (Å²) in [5.74, 6) is 0.477. The van der Waals surface area contributed by atoms with Gasteiger partial charge in [-0.3, -0.25) is 4.72 Å². The maximum absolute atomic E-state index is 13.0. The van der Waals surface area contributed by atoms with E-state index in [2.05, 4.69) is 39.3 Å². The molecule has 2 rings (SSSR count). The van der Waals surface area contributed by atoms with Crippen molar-refractivity contribution in [1.82, 2.24) is 0 Å². The van der Waals surface area contributed by atoms with Crippen molar-refractivity contribution in [2.24, 2.45) is 0 Å². The summed E-state index contributed by atoms with van der Waals surface area (Å²) in [4.78, 5) is 0.311. The highest BCUT2D eigenvalue weighted by molar-refractivity contribution is 7.92. The van der Waals surface area contributed by atoms with Crippen molar-refractivity contribution in [1.29, 1.82) is 0 Å². The van der Waals surface area contributed by atoms with Crippen molar-refractivity contribution >= 4 is 15.7 Å². The molecule has 0 spiro atoms. The van der Waals surface area contributed by atoms with Gasteiger partial charge in [-0.15, -0.1) is 0 Å². The van der Waals surface area contributed by atoms with Crippen LogP contribution in [0.5, 0.6) is 0 Å². The van der Waals surface area contributed by atoms with Gasteiger partial charge in [0, 0.05) is 0 Å². The van der Waals surface area contributed by atoms with E-state index in [9.17, 15) is 8.42 Å². The van der Waals surface area contributed by atoms with E-state index in [1.165, 1.54) is 5.56 Å². The van der Waals surface area contributed by atoms with Gasteiger partial charge >= 0.3 is 0 Å². The van der Waals surface area contributed by atoms with Crippen molar-refractivity contribution < 1.29 is 8.42 Å². The Kier molecular flexibility index (Phi) is 6.87. The molecule has 2 aromatic carbocycles. The minimum Gasteiger partial charge on any atom is -0.279 e. The number of unbranched alkanes of at least 4 members (excludes halogenated alkanes) is 1. The third-order valence-electron chi connectivity index (χ3n) is 4.66. The van der Waals surface area contributed by atoms with Crippen LogP contribution in [-0.2, 0) is 16.4 Å². The smallest absolute Gasteiger partial charge is 0.261 e. The van der Waals surface area contributed by atoms with E-state index in [0.29, 0.717) is 4.90 Å². The van der Waals surface area contributed by atoms with Crippen LogP contribution in [0.2, 0.25) is 0 Å². The first-order valence-corrected chi connectivity index (χ1v) is 11.0. The highest BCUT2D eigenvalue weighted by Gasteiger charge is 2.20. The SMILES string of the molecule is CCCCc1ccc(S(=O)(=O)Nc2c(C(C)C)cccc2C(C)C)cc1. The Morgan fingerprint density at radius 2 is 1.42 bits per heavy atom. The Balaban J connectivity index is 2.37. The zero-order valence-corrected chi connectivity index (χ0v) is 17.4. The molecule has 0 fully saturated rings. The number of anilines is 1. The van der Waals surface area contributed by atoms with Crippen molar-refractivity contribution in [3.05, 3.63) is 59.2 Å². The molecule has 142 valence electrons. The molecule has 0 unspecified atom stereocenters. The number of hydrogen-bond acceptors (Lipinski definition) is 2. The molecule has 3 nitrogen and oxygen atoms in total. The minimum absolute atomic E-state index is 0.239. The first-order valence-electron chi connectivity index (χ1n) is 9.50. The summed E-state index contributed by atoms with van der Waals surface area (Å²) in [7, 11) is -3.61. The molecule has 4 heteroatoms. The molecule has 26 heavy (non-hydrogen) atoms. The lowest BCUT2D eigenvalue weighted by Gasteiger charge is -2.21. The van der Waals surface area contributed by atoms with Gasteiger partial charge in [-0.1, -0.05) is 71.4 Å². The number of nitrogens with one attached hydrogen (secondary N) is 1. The highest BCUT2D eigenvalue weighted by atomic mass is 32.2. The van der Waals surface area contributed by atoms with Crippen LogP contribution < -0.4 is 4.72 Å². The Morgan fingerprint density at radius 3 is 1.88 bits per heavy atom. The summed E-state index contributed by atoms with van der Waals surface area (Å²) in [6, 6.07) is 13.3. The molecule has 0 aromatic heterocycles. The van der Waals surface area contributed by atoms with E-state index in [0.717, 1.165) is 36.1 Å². The van der Waals surface area contributed by atoms with Crippen molar-refractivity contribution in [2.75, 3.05) is 4.72 Å². The van der Waals surface area contributed by atoms with Gasteiger partial charge in [0.25, 0.3) is 10.0 Å². The lowest BCUT2D eigenvalue weighted by atomic mass is 9.93.